The zero-order valence-electron chi connectivity index (χ0n) is 34.7. The van der Waals surface area contributed by atoms with Gasteiger partial charge in [0.15, 0.2) is 33.7 Å². The van der Waals surface area contributed by atoms with Crippen molar-refractivity contribution in [3.63, 3.8) is 0 Å². The molecule has 2 amide bonds. The number of carbonyl (C=O) groups is 2. The lowest BCUT2D eigenvalue weighted by Crippen LogP contribution is -2.71. The summed E-state index contributed by atoms with van der Waals surface area (Å²) >= 11 is 0. The van der Waals surface area contributed by atoms with Crippen molar-refractivity contribution in [2.45, 2.75) is 147 Å². The number of aromatic nitrogens is 1. The van der Waals surface area contributed by atoms with Gasteiger partial charge in [-0.05, 0) is 81.2 Å². The lowest BCUT2D eigenvalue weighted by molar-refractivity contribution is -0.166. The second-order valence-electron chi connectivity index (χ2n) is 18.8. The average molecular weight is 772 g/mol. The normalized spacial score (nSPS) is 25.4. The number of piperazine rings is 1. The quantitative estimate of drug-likeness (QED) is 0.130. The molecular formula is C40H65N3O8Si2. The summed E-state index contributed by atoms with van der Waals surface area (Å²) in [7, 11) is -2.51. The van der Waals surface area contributed by atoms with E-state index >= 15 is 0 Å². The van der Waals surface area contributed by atoms with Gasteiger partial charge in [-0.1, -0.05) is 53.2 Å². The van der Waals surface area contributed by atoms with Crippen LogP contribution in [0.25, 0.3) is 10.9 Å². The predicted octanol–water partition coefficient (Wildman–Crippen LogP) is 7.47. The van der Waals surface area contributed by atoms with Gasteiger partial charge in [0, 0.05) is 38.1 Å². The molecule has 3 aliphatic heterocycles. The molecule has 296 valence electrons. The first kappa shape index (κ1) is 41.5. The van der Waals surface area contributed by atoms with Crippen LogP contribution in [0.5, 0.6) is 11.5 Å². The minimum atomic E-state index is -2.11. The first-order chi connectivity index (χ1) is 24.4. The fourth-order valence-corrected chi connectivity index (χ4v) is 9.39. The molecule has 13 heteroatoms. The van der Waals surface area contributed by atoms with E-state index in [1.807, 2.05) is 31.3 Å². The number of ether oxygens (including phenoxy) is 4. The monoisotopic (exact) mass is 771 g/mol. The van der Waals surface area contributed by atoms with Crippen LogP contribution in [0.3, 0.4) is 0 Å². The number of aromatic amines is 1. The molecule has 2 fully saturated rings. The van der Waals surface area contributed by atoms with Crippen molar-refractivity contribution >= 4 is 39.4 Å². The van der Waals surface area contributed by atoms with Crippen LogP contribution < -0.4 is 14.8 Å². The van der Waals surface area contributed by atoms with Crippen molar-refractivity contribution in [1.29, 1.82) is 0 Å². The highest BCUT2D eigenvalue weighted by Crippen LogP contribution is 2.45. The van der Waals surface area contributed by atoms with E-state index in [-0.39, 0.29) is 34.8 Å². The summed E-state index contributed by atoms with van der Waals surface area (Å²) in [6.07, 6.45) is 4.35. The highest BCUT2D eigenvalue weighted by molar-refractivity contribution is 6.74. The van der Waals surface area contributed by atoms with Crippen molar-refractivity contribution in [3.05, 3.63) is 35.5 Å². The molecule has 3 aliphatic rings. The summed E-state index contributed by atoms with van der Waals surface area (Å²) < 4.78 is 37.7. The van der Waals surface area contributed by atoms with E-state index in [2.05, 4.69) is 91.9 Å². The molecule has 0 spiro atoms. The summed E-state index contributed by atoms with van der Waals surface area (Å²) in [6.45, 7) is 29.7. The standard InChI is InChI=1S/C40H65N3O8Si2/c1-26(23-49-52(11,12)37(2,3)4)17-19-40-31(48-25-46-10)18-20-43(40)35(44)29(42-36(40)45)21-27-22-41-33-28(27)15-16-30-34(33)47-24-32(39(8,9)50-30)51-53(13,14)38(5,6)7/h15-17,22,29,31-32,41H,18-21,23-25H2,1-14H3,(H,42,45)/b26-17+/t29?,31-,32?,40+/m0/s1. The Bertz CT molecular complexity index is 1710. The number of nitrogens with zero attached hydrogens (tertiary/aromatic N) is 1. The Morgan fingerprint density at radius 1 is 1.04 bits per heavy atom. The highest BCUT2D eigenvalue weighted by atomic mass is 28.4. The number of nitrogens with one attached hydrogen (secondary N) is 2. The van der Waals surface area contributed by atoms with Crippen molar-refractivity contribution in [2.24, 2.45) is 0 Å². The maximum Gasteiger partial charge on any atom is 0.249 e. The lowest BCUT2D eigenvalue weighted by atomic mass is 9.84. The minimum Gasteiger partial charge on any atom is -0.485 e. The molecule has 0 radical (unpaired) electrons. The second-order valence-corrected chi connectivity index (χ2v) is 28.4. The topological polar surface area (TPSA) is 121 Å². The van der Waals surface area contributed by atoms with Gasteiger partial charge in [-0.25, -0.2) is 0 Å². The molecule has 2 N–H and O–H groups in total. The zero-order valence-corrected chi connectivity index (χ0v) is 36.7. The molecule has 2 saturated heterocycles. The fourth-order valence-electron chi connectivity index (χ4n) is 6.95. The van der Waals surface area contributed by atoms with Crippen molar-refractivity contribution < 1.29 is 37.4 Å². The van der Waals surface area contributed by atoms with E-state index in [0.717, 1.165) is 22.0 Å². The maximum absolute atomic E-state index is 14.3. The van der Waals surface area contributed by atoms with Gasteiger partial charge in [0.25, 0.3) is 0 Å². The first-order valence-corrected chi connectivity index (χ1v) is 24.9. The van der Waals surface area contributed by atoms with Crippen LogP contribution in [0.4, 0.5) is 0 Å². The summed E-state index contributed by atoms with van der Waals surface area (Å²) in [5, 5.41) is 4.16. The minimum absolute atomic E-state index is 0.0358. The van der Waals surface area contributed by atoms with Crippen molar-refractivity contribution in [3.8, 4) is 11.5 Å². The Kier molecular flexibility index (Phi) is 11.5. The molecule has 1 aromatic heterocycles. The number of carbonyl (C=O) groups excluding carboxylic acids is 2. The number of H-pyrrole nitrogens is 1. The number of benzene rings is 1. The molecular weight excluding hydrogens is 707 g/mol. The van der Waals surface area contributed by atoms with Crippen molar-refractivity contribution in [1.82, 2.24) is 15.2 Å². The molecule has 4 heterocycles. The van der Waals surface area contributed by atoms with Crippen LogP contribution in [0.15, 0.2) is 30.0 Å². The van der Waals surface area contributed by atoms with Crippen LogP contribution in [0, 0.1) is 0 Å². The summed E-state index contributed by atoms with van der Waals surface area (Å²) in [6, 6.07) is 3.19. The molecule has 0 bridgehead atoms. The number of amides is 2. The van der Waals surface area contributed by atoms with E-state index in [1.54, 1.807) is 12.0 Å². The Morgan fingerprint density at radius 2 is 1.72 bits per heavy atom. The zero-order chi connectivity index (χ0) is 39.4. The van der Waals surface area contributed by atoms with Crippen LogP contribution in [-0.4, -0.2) is 101 Å². The van der Waals surface area contributed by atoms with E-state index in [4.69, 9.17) is 27.8 Å². The molecule has 1 aromatic carbocycles. The summed E-state index contributed by atoms with van der Waals surface area (Å²) in [4.78, 5) is 33.8. The molecule has 0 aliphatic carbocycles. The molecule has 5 rings (SSSR count). The largest absolute Gasteiger partial charge is 0.485 e. The number of fused-ring (bicyclic) bond motifs is 4. The average Bonchev–Trinajstić information content (AvgIpc) is 3.60. The summed E-state index contributed by atoms with van der Waals surface area (Å²) in [5.74, 6) is 0.933. The van der Waals surface area contributed by atoms with Crippen LogP contribution in [-0.2, 0) is 34.3 Å². The van der Waals surface area contributed by atoms with Gasteiger partial charge in [-0.3, -0.25) is 9.59 Å². The smallest absolute Gasteiger partial charge is 0.249 e. The highest BCUT2D eigenvalue weighted by Gasteiger charge is 2.60. The molecule has 2 aromatic rings. The summed E-state index contributed by atoms with van der Waals surface area (Å²) in [5.41, 5.74) is 0.915. The third-order valence-corrected chi connectivity index (χ3v) is 21.5. The van der Waals surface area contributed by atoms with Gasteiger partial charge in [0.1, 0.15) is 31.1 Å². The second kappa shape index (κ2) is 14.8. The van der Waals surface area contributed by atoms with Crippen molar-refractivity contribution in [2.75, 3.05) is 33.7 Å². The van der Waals surface area contributed by atoms with Crippen LogP contribution in [0.1, 0.15) is 80.7 Å². The van der Waals surface area contributed by atoms with E-state index in [0.29, 0.717) is 50.5 Å². The maximum atomic E-state index is 14.3. The molecule has 4 atom stereocenters. The number of methoxy groups -OCH3 is 1. The third-order valence-electron chi connectivity index (χ3n) is 12.6. The van der Waals surface area contributed by atoms with E-state index in [9.17, 15) is 9.59 Å². The van der Waals surface area contributed by atoms with Gasteiger partial charge in [0.2, 0.25) is 11.8 Å². The van der Waals surface area contributed by atoms with Crippen LogP contribution in [0.2, 0.25) is 36.3 Å². The van der Waals surface area contributed by atoms with E-state index in [1.165, 1.54) is 0 Å². The number of hydrogen-bond donors (Lipinski definition) is 2. The SMILES string of the molecule is COCO[C@H]1CCN2C(=O)C(Cc3c[nH]c4c5c(ccc34)OC(C)(C)C(O[Si](C)(C)C(C)(C)C)CO5)NC(=O)[C@@]12C/C=C(\C)CO[Si](C)(C)C(C)(C)C. The fraction of sp³-hybridized carbons (Fsp3) is 0.700. The number of rotatable bonds is 12. The third kappa shape index (κ3) is 8.02. The molecule has 2 unspecified atom stereocenters. The van der Waals surface area contributed by atoms with Gasteiger partial charge >= 0.3 is 0 Å². The van der Waals surface area contributed by atoms with Gasteiger partial charge in [-0.2, -0.15) is 0 Å². The lowest BCUT2D eigenvalue weighted by Gasteiger charge is -2.46. The van der Waals surface area contributed by atoms with Gasteiger partial charge < -0.3 is 43.0 Å². The first-order valence-electron chi connectivity index (χ1n) is 19.1. The van der Waals surface area contributed by atoms with Gasteiger partial charge in [-0.15, -0.1) is 0 Å². The van der Waals surface area contributed by atoms with Crippen LogP contribution >= 0.6 is 0 Å². The number of hydrogen-bond acceptors (Lipinski definition) is 8. The molecule has 0 saturated carbocycles. The Hall–Kier alpha value is -2.69. The Balaban J connectivity index is 1.36. The van der Waals surface area contributed by atoms with E-state index < -0.39 is 39.9 Å². The molecule has 53 heavy (non-hydrogen) atoms. The predicted molar refractivity (Wildman–Crippen MR) is 214 cm³/mol. The Labute approximate surface area is 319 Å². The molecule has 11 nitrogen and oxygen atoms in total. The Morgan fingerprint density at radius 3 is 2.36 bits per heavy atom. The van der Waals surface area contributed by atoms with Gasteiger partial charge in [0.05, 0.1) is 18.2 Å².